The minimum Gasteiger partial charge on any atom is -0.459 e. The van der Waals surface area contributed by atoms with Gasteiger partial charge in [-0.3, -0.25) is 19.0 Å². The summed E-state index contributed by atoms with van der Waals surface area (Å²) in [5.74, 6) is -1.20. The third-order valence-electron chi connectivity index (χ3n) is 10.1. The molecule has 2 aromatic rings. The zero-order valence-electron chi connectivity index (χ0n) is 28.9. The number of fused-ring (bicyclic) bond motifs is 3. The molecular weight excluding hydrogens is 618 g/mol. The van der Waals surface area contributed by atoms with Crippen molar-refractivity contribution in [3.05, 3.63) is 35.9 Å². The van der Waals surface area contributed by atoms with Crippen LogP contribution in [-0.2, 0) is 24.6 Å². The SMILES string of the molecule is CC(C)c1ccc2c(c1)nc(O[C@@H]1C[C@H]3C(=O)C[C@]4(C(=O)NS(=O)(=O)N(C)C)C[C@@H]4/C=C\CCCCC[C@H](C)C(=O)N3C1)n2C(C)C. The summed E-state index contributed by atoms with van der Waals surface area (Å²) in [6.07, 6.45) is 8.38. The second-order valence-electron chi connectivity index (χ2n) is 14.5. The number of Topliss-reactive ketones (excluding diaryl/α,β-unsaturated/α-hetero) is 1. The van der Waals surface area contributed by atoms with E-state index in [1.807, 2.05) is 23.6 Å². The first-order valence-electron chi connectivity index (χ1n) is 17.1. The van der Waals surface area contributed by atoms with Crippen molar-refractivity contribution in [1.82, 2.24) is 23.5 Å². The van der Waals surface area contributed by atoms with E-state index >= 15 is 0 Å². The lowest BCUT2D eigenvalue weighted by Crippen LogP contribution is -2.47. The summed E-state index contributed by atoms with van der Waals surface area (Å²) in [5.41, 5.74) is 1.79. The first-order chi connectivity index (χ1) is 22.1. The summed E-state index contributed by atoms with van der Waals surface area (Å²) in [5, 5.41) is 0. The van der Waals surface area contributed by atoms with Gasteiger partial charge in [0.05, 0.1) is 29.0 Å². The van der Waals surface area contributed by atoms with Crippen molar-refractivity contribution in [1.29, 1.82) is 0 Å². The van der Waals surface area contributed by atoms with Crippen molar-refractivity contribution in [3.8, 4) is 6.01 Å². The standard InChI is InChI=1S/C35H51N5O6S/c1-22(2)25-15-16-29-28(17-25)36-34(40(29)23(3)4)46-27-18-30-31(41)20-35(33(43)37-47(44,45)38(6)7)19-26(35)14-12-10-8-9-11-13-24(5)32(42)39(30)21-27/h12,14-17,22-24,26-27,30H,8-11,13,18-21H2,1-7H3,(H,37,43)/b14-12-/t24-,26-,27+,30-,35+/m0/s1. The molecule has 5 atom stereocenters. The van der Waals surface area contributed by atoms with Gasteiger partial charge in [0.15, 0.2) is 5.78 Å². The average Bonchev–Trinajstić information content (AvgIpc) is 3.34. The molecule has 1 N–H and O–H groups in total. The average molecular weight is 670 g/mol. The third-order valence-corrected chi connectivity index (χ3v) is 11.5. The van der Waals surface area contributed by atoms with Crippen LogP contribution in [0.1, 0.15) is 104 Å². The Labute approximate surface area is 279 Å². The number of nitrogens with zero attached hydrogens (tertiary/aromatic N) is 4. The van der Waals surface area contributed by atoms with Crippen LogP contribution in [0.25, 0.3) is 11.0 Å². The van der Waals surface area contributed by atoms with Gasteiger partial charge in [0.1, 0.15) is 6.10 Å². The molecule has 258 valence electrons. The van der Waals surface area contributed by atoms with Crippen molar-refractivity contribution in [2.24, 2.45) is 17.3 Å². The van der Waals surface area contributed by atoms with Gasteiger partial charge in [0.25, 0.3) is 6.01 Å². The summed E-state index contributed by atoms with van der Waals surface area (Å²) in [6.45, 7) is 10.6. The third kappa shape index (κ3) is 7.28. The lowest BCUT2D eigenvalue weighted by atomic mass is 9.91. The monoisotopic (exact) mass is 669 g/mol. The second-order valence-corrected chi connectivity index (χ2v) is 16.4. The zero-order valence-corrected chi connectivity index (χ0v) is 29.7. The fourth-order valence-electron chi connectivity index (χ4n) is 7.04. The number of ketones is 1. The molecule has 0 unspecified atom stereocenters. The number of amides is 2. The number of rotatable bonds is 7. The molecule has 1 saturated carbocycles. The van der Waals surface area contributed by atoms with E-state index in [0.29, 0.717) is 18.3 Å². The molecule has 1 aromatic heterocycles. The Morgan fingerprint density at radius 1 is 1.13 bits per heavy atom. The molecule has 11 nitrogen and oxygen atoms in total. The summed E-state index contributed by atoms with van der Waals surface area (Å²) < 4.78 is 37.0. The van der Waals surface area contributed by atoms with Gasteiger partial charge in [-0.15, -0.1) is 0 Å². The van der Waals surface area contributed by atoms with E-state index in [2.05, 4.69) is 50.6 Å². The number of hydrogen-bond donors (Lipinski definition) is 1. The van der Waals surface area contributed by atoms with Gasteiger partial charge >= 0.3 is 10.2 Å². The topological polar surface area (TPSA) is 131 Å². The molecule has 2 fully saturated rings. The molecule has 1 aliphatic carbocycles. The second kappa shape index (κ2) is 13.7. The van der Waals surface area contributed by atoms with Crippen molar-refractivity contribution in [2.75, 3.05) is 20.6 Å². The largest absolute Gasteiger partial charge is 0.459 e. The maximum absolute atomic E-state index is 14.2. The fourth-order valence-corrected chi connectivity index (χ4v) is 7.66. The Morgan fingerprint density at radius 3 is 2.55 bits per heavy atom. The minimum absolute atomic E-state index is 0.0618. The highest BCUT2D eigenvalue weighted by atomic mass is 32.2. The Balaban J connectivity index is 1.45. The maximum atomic E-state index is 14.2. The number of nitrogens with one attached hydrogen (secondary N) is 1. The quantitative estimate of drug-likeness (QED) is 0.405. The van der Waals surface area contributed by atoms with Crippen LogP contribution in [0.5, 0.6) is 6.01 Å². The van der Waals surface area contributed by atoms with Gasteiger partial charge in [0.2, 0.25) is 11.8 Å². The highest BCUT2D eigenvalue weighted by molar-refractivity contribution is 7.87. The molecule has 2 aliphatic heterocycles. The summed E-state index contributed by atoms with van der Waals surface area (Å²) >= 11 is 0. The number of carbonyl (C=O) groups excluding carboxylic acids is 3. The van der Waals surface area contributed by atoms with Gasteiger partial charge in [0, 0.05) is 38.9 Å². The van der Waals surface area contributed by atoms with Crippen LogP contribution < -0.4 is 9.46 Å². The van der Waals surface area contributed by atoms with Gasteiger partial charge < -0.3 is 9.64 Å². The molecule has 0 bridgehead atoms. The summed E-state index contributed by atoms with van der Waals surface area (Å²) in [7, 11) is -1.35. The van der Waals surface area contributed by atoms with E-state index < -0.39 is 33.7 Å². The number of ether oxygens (including phenoxy) is 1. The van der Waals surface area contributed by atoms with E-state index in [9.17, 15) is 22.8 Å². The van der Waals surface area contributed by atoms with Crippen LogP contribution in [0.4, 0.5) is 0 Å². The summed E-state index contributed by atoms with van der Waals surface area (Å²) in [4.78, 5) is 48.2. The van der Waals surface area contributed by atoms with Crippen LogP contribution in [0, 0.1) is 17.3 Å². The molecular formula is C35H51N5O6S. The van der Waals surface area contributed by atoms with E-state index in [-0.39, 0.29) is 49.0 Å². The Bertz CT molecular complexity index is 1650. The molecule has 0 radical (unpaired) electrons. The van der Waals surface area contributed by atoms with Gasteiger partial charge in [-0.05, 0) is 69.1 Å². The molecule has 3 aliphatic rings. The predicted octanol–water partition coefficient (Wildman–Crippen LogP) is 5.13. The Morgan fingerprint density at radius 2 is 1.87 bits per heavy atom. The molecule has 5 rings (SSSR count). The molecule has 3 heterocycles. The number of benzene rings is 1. The molecule has 12 heteroatoms. The molecule has 47 heavy (non-hydrogen) atoms. The Hall–Kier alpha value is -3.25. The molecule has 0 spiro atoms. The number of allylic oxidation sites excluding steroid dienone is 2. The fraction of sp³-hybridized carbons (Fsp3) is 0.657. The smallest absolute Gasteiger partial charge is 0.303 e. The minimum atomic E-state index is -4.04. The van der Waals surface area contributed by atoms with Crippen molar-refractivity contribution in [3.63, 3.8) is 0 Å². The number of aromatic nitrogens is 2. The lowest BCUT2D eigenvalue weighted by molar-refractivity contribution is -0.141. The van der Waals surface area contributed by atoms with Crippen molar-refractivity contribution < 1.29 is 27.5 Å². The van der Waals surface area contributed by atoms with Crippen LogP contribution in [0.2, 0.25) is 0 Å². The van der Waals surface area contributed by atoms with E-state index in [4.69, 9.17) is 9.72 Å². The first-order valence-corrected chi connectivity index (χ1v) is 18.5. The van der Waals surface area contributed by atoms with Crippen LogP contribution in [0.3, 0.4) is 0 Å². The van der Waals surface area contributed by atoms with Gasteiger partial charge in [-0.25, -0.2) is 4.72 Å². The number of hydrogen-bond acceptors (Lipinski definition) is 7. The zero-order chi connectivity index (χ0) is 34.3. The molecule has 1 aromatic carbocycles. The van der Waals surface area contributed by atoms with Gasteiger partial charge in [-0.1, -0.05) is 51.8 Å². The number of carbonyl (C=O) groups is 3. The van der Waals surface area contributed by atoms with E-state index in [0.717, 1.165) is 47.4 Å². The first kappa shape index (κ1) is 35.1. The predicted molar refractivity (Wildman–Crippen MR) is 181 cm³/mol. The van der Waals surface area contributed by atoms with E-state index in [1.165, 1.54) is 19.7 Å². The highest BCUT2D eigenvalue weighted by Crippen LogP contribution is 2.57. The van der Waals surface area contributed by atoms with Gasteiger partial charge in [-0.2, -0.15) is 17.7 Å². The van der Waals surface area contributed by atoms with E-state index in [1.54, 1.807) is 4.90 Å². The highest BCUT2D eigenvalue weighted by Gasteiger charge is 2.61. The van der Waals surface area contributed by atoms with Crippen LogP contribution in [0.15, 0.2) is 30.4 Å². The molecule has 1 saturated heterocycles. The van der Waals surface area contributed by atoms with Crippen molar-refractivity contribution >= 4 is 38.8 Å². The number of imidazole rings is 1. The maximum Gasteiger partial charge on any atom is 0.303 e. The Kier molecular flexibility index (Phi) is 10.2. The normalized spacial score (nSPS) is 28.3. The van der Waals surface area contributed by atoms with Crippen LogP contribution in [-0.4, -0.2) is 77.6 Å². The van der Waals surface area contributed by atoms with Crippen LogP contribution >= 0.6 is 0 Å². The molecule has 2 amide bonds. The summed E-state index contributed by atoms with van der Waals surface area (Å²) in [6, 6.07) is 5.99. The van der Waals surface area contributed by atoms with Crippen molar-refractivity contribution in [2.45, 2.75) is 110 Å². The lowest BCUT2D eigenvalue weighted by Gasteiger charge is -2.27.